The first-order valence-electron chi connectivity index (χ1n) is 10.6. The number of carbonyl (C=O) groups excluding carboxylic acids is 1. The minimum Gasteiger partial charge on any atom is -0.486 e. The van der Waals surface area contributed by atoms with Crippen molar-refractivity contribution in [1.29, 1.82) is 0 Å². The molecular formula is C24H30N4O2S. The van der Waals surface area contributed by atoms with E-state index in [1.807, 2.05) is 60.9 Å². The molecule has 1 aromatic heterocycles. The van der Waals surface area contributed by atoms with Crippen LogP contribution in [0.2, 0.25) is 0 Å². The summed E-state index contributed by atoms with van der Waals surface area (Å²) in [5.41, 5.74) is 2.36. The van der Waals surface area contributed by atoms with Crippen LogP contribution < -0.4 is 10.1 Å². The molecule has 1 heterocycles. The first-order valence-corrected chi connectivity index (χ1v) is 11.6. The Labute approximate surface area is 188 Å². The lowest BCUT2D eigenvalue weighted by molar-refractivity contribution is -0.119. The Morgan fingerprint density at radius 2 is 1.74 bits per heavy atom. The smallest absolute Gasteiger partial charge is 0.230 e. The van der Waals surface area contributed by atoms with Crippen LogP contribution in [0.5, 0.6) is 5.75 Å². The van der Waals surface area contributed by atoms with E-state index in [0.717, 1.165) is 22.3 Å². The Kier molecular flexibility index (Phi) is 8.12. The Bertz CT molecular complexity index is 971. The van der Waals surface area contributed by atoms with Gasteiger partial charge in [0.25, 0.3) is 0 Å². The normalized spacial score (nSPS) is 12.0. The number of carbonyl (C=O) groups is 1. The summed E-state index contributed by atoms with van der Waals surface area (Å²) < 4.78 is 7.89. The summed E-state index contributed by atoms with van der Waals surface area (Å²) in [4.78, 5) is 12.4. The van der Waals surface area contributed by atoms with Crippen LogP contribution in [0.15, 0.2) is 59.8 Å². The lowest BCUT2D eigenvalue weighted by atomic mass is 10.0. The van der Waals surface area contributed by atoms with Crippen LogP contribution in [-0.4, -0.2) is 26.4 Å². The van der Waals surface area contributed by atoms with Crippen molar-refractivity contribution in [3.63, 3.8) is 0 Å². The van der Waals surface area contributed by atoms with Gasteiger partial charge in [-0.25, -0.2) is 0 Å². The number of aromatic nitrogens is 3. The minimum atomic E-state index is -0.0376. The van der Waals surface area contributed by atoms with Crippen molar-refractivity contribution in [3.05, 3.63) is 71.5 Å². The van der Waals surface area contributed by atoms with Gasteiger partial charge in [0, 0.05) is 6.54 Å². The first-order chi connectivity index (χ1) is 15.0. The molecule has 0 radical (unpaired) electrons. The SMILES string of the molecule is CCn1c(COc2ccc(C(C)C)cc2)nnc1SCC(=O)NC(C)c1ccccc1. The summed E-state index contributed by atoms with van der Waals surface area (Å²) in [7, 11) is 0. The second-order valence-corrected chi connectivity index (χ2v) is 8.59. The number of benzene rings is 2. The third-order valence-electron chi connectivity index (χ3n) is 5.03. The Balaban J connectivity index is 1.54. The van der Waals surface area contributed by atoms with E-state index < -0.39 is 0 Å². The van der Waals surface area contributed by atoms with Crippen molar-refractivity contribution >= 4 is 17.7 Å². The molecular weight excluding hydrogens is 408 g/mol. The van der Waals surface area contributed by atoms with Crippen LogP contribution in [-0.2, 0) is 17.9 Å². The molecule has 2 aromatic carbocycles. The van der Waals surface area contributed by atoms with E-state index in [1.165, 1.54) is 17.3 Å². The number of thioether (sulfide) groups is 1. The molecule has 0 bridgehead atoms. The molecule has 6 nitrogen and oxygen atoms in total. The molecule has 7 heteroatoms. The number of amides is 1. The van der Waals surface area contributed by atoms with Crippen LogP contribution in [0, 0.1) is 0 Å². The van der Waals surface area contributed by atoms with Crippen LogP contribution in [0.3, 0.4) is 0 Å². The quantitative estimate of drug-likeness (QED) is 0.453. The summed E-state index contributed by atoms with van der Waals surface area (Å²) in [5, 5.41) is 12.3. The lowest BCUT2D eigenvalue weighted by Gasteiger charge is -2.14. The van der Waals surface area contributed by atoms with E-state index >= 15 is 0 Å². The van der Waals surface area contributed by atoms with E-state index in [-0.39, 0.29) is 17.7 Å². The zero-order chi connectivity index (χ0) is 22.2. The van der Waals surface area contributed by atoms with E-state index in [2.05, 4.69) is 41.5 Å². The average molecular weight is 439 g/mol. The minimum absolute atomic E-state index is 0.0324. The fraction of sp³-hybridized carbons (Fsp3) is 0.375. The molecule has 0 spiro atoms. The fourth-order valence-corrected chi connectivity index (χ4v) is 4.02. The van der Waals surface area contributed by atoms with Crippen LogP contribution in [0.1, 0.15) is 56.6 Å². The van der Waals surface area contributed by atoms with Gasteiger partial charge >= 0.3 is 0 Å². The molecule has 164 valence electrons. The molecule has 0 aliphatic carbocycles. The summed E-state index contributed by atoms with van der Waals surface area (Å²) in [6.07, 6.45) is 0. The monoisotopic (exact) mass is 438 g/mol. The summed E-state index contributed by atoms with van der Waals surface area (Å²) in [6, 6.07) is 18.0. The second kappa shape index (κ2) is 11.0. The fourth-order valence-electron chi connectivity index (χ4n) is 3.19. The van der Waals surface area contributed by atoms with Gasteiger partial charge < -0.3 is 14.6 Å². The third-order valence-corrected chi connectivity index (χ3v) is 6.00. The highest BCUT2D eigenvalue weighted by Gasteiger charge is 2.15. The molecule has 0 aliphatic heterocycles. The molecule has 0 saturated carbocycles. The topological polar surface area (TPSA) is 69.0 Å². The predicted octanol–water partition coefficient (Wildman–Crippen LogP) is 4.97. The number of hydrogen-bond acceptors (Lipinski definition) is 5. The van der Waals surface area contributed by atoms with Gasteiger partial charge in [-0.05, 0) is 43.0 Å². The lowest BCUT2D eigenvalue weighted by Crippen LogP contribution is -2.28. The number of nitrogens with one attached hydrogen (secondary N) is 1. The van der Waals surface area contributed by atoms with Crippen molar-refractivity contribution in [2.45, 2.75) is 58.0 Å². The molecule has 0 aliphatic rings. The highest BCUT2D eigenvalue weighted by atomic mass is 32.2. The summed E-state index contributed by atoms with van der Waals surface area (Å²) >= 11 is 1.39. The van der Waals surface area contributed by atoms with Crippen LogP contribution in [0.4, 0.5) is 0 Å². The van der Waals surface area contributed by atoms with E-state index in [1.54, 1.807) is 0 Å². The summed E-state index contributed by atoms with van der Waals surface area (Å²) in [5.74, 6) is 2.29. The van der Waals surface area contributed by atoms with Gasteiger partial charge in [-0.3, -0.25) is 4.79 Å². The van der Waals surface area contributed by atoms with Gasteiger partial charge in [-0.1, -0.05) is 68.1 Å². The Morgan fingerprint density at radius 3 is 2.39 bits per heavy atom. The molecule has 1 atom stereocenters. The van der Waals surface area contributed by atoms with Gasteiger partial charge in [0.15, 0.2) is 11.0 Å². The van der Waals surface area contributed by atoms with Crippen LogP contribution >= 0.6 is 11.8 Å². The number of ether oxygens (including phenoxy) is 1. The van der Waals surface area contributed by atoms with Crippen molar-refractivity contribution in [2.75, 3.05) is 5.75 Å². The average Bonchev–Trinajstić information content (AvgIpc) is 3.18. The summed E-state index contributed by atoms with van der Waals surface area (Å²) in [6.45, 7) is 9.40. The highest BCUT2D eigenvalue weighted by Crippen LogP contribution is 2.21. The van der Waals surface area contributed by atoms with Crippen molar-refractivity contribution in [1.82, 2.24) is 20.1 Å². The van der Waals surface area contributed by atoms with Crippen molar-refractivity contribution in [3.8, 4) is 5.75 Å². The molecule has 1 amide bonds. The molecule has 1 N–H and O–H groups in total. The van der Waals surface area contributed by atoms with Gasteiger partial charge in [0.1, 0.15) is 12.4 Å². The van der Waals surface area contributed by atoms with E-state index in [0.29, 0.717) is 19.1 Å². The van der Waals surface area contributed by atoms with Gasteiger partial charge in [-0.15, -0.1) is 10.2 Å². The number of rotatable bonds is 10. The molecule has 31 heavy (non-hydrogen) atoms. The number of hydrogen-bond donors (Lipinski definition) is 1. The molecule has 0 fully saturated rings. The highest BCUT2D eigenvalue weighted by molar-refractivity contribution is 7.99. The maximum absolute atomic E-state index is 12.4. The van der Waals surface area contributed by atoms with Crippen LogP contribution in [0.25, 0.3) is 0 Å². The molecule has 3 aromatic rings. The standard InChI is InChI=1S/C24H30N4O2S/c1-5-28-22(15-30-21-13-11-19(12-14-21)17(2)3)26-27-24(28)31-16-23(29)25-18(4)20-9-7-6-8-10-20/h6-14,17-18H,5,15-16H2,1-4H3,(H,25,29). The van der Waals surface area contributed by atoms with E-state index in [9.17, 15) is 4.79 Å². The van der Waals surface area contributed by atoms with Gasteiger partial charge in [0.2, 0.25) is 5.91 Å². The van der Waals surface area contributed by atoms with E-state index in [4.69, 9.17) is 4.74 Å². The molecule has 1 unspecified atom stereocenters. The third kappa shape index (κ3) is 6.34. The Morgan fingerprint density at radius 1 is 1.03 bits per heavy atom. The maximum Gasteiger partial charge on any atom is 0.230 e. The zero-order valence-electron chi connectivity index (χ0n) is 18.5. The predicted molar refractivity (Wildman–Crippen MR) is 124 cm³/mol. The molecule has 0 saturated heterocycles. The Hall–Kier alpha value is -2.80. The first kappa shape index (κ1) is 22.9. The molecule has 3 rings (SSSR count). The maximum atomic E-state index is 12.4. The zero-order valence-corrected chi connectivity index (χ0v) is 19.4. The van der Waals surface area contributed by atoms with Gasteiger partial charge in [-0.2, -0.15) is 0 Å². The largest absolute Gasteiger partial charge is 0.486 e. The number of nitrogens with zero attached hydrogens (tertiary/aromatic N) is 3. The van der Waals surface area contributed by atoms with Crippen molar-refractivity contribution in [2.24, 2.45) is 0 Å². The van der Waals surface area contributed by atoms with Gasteiger partial charge in [0.05, 0.1) is 11.8 Å². The van der Waals surface area contributed by atoms with Crippen molar-refractivity contribution < 1.29 is 9.53 Å². The second-order valence-electron chi connectivity index (χ2n) is 7.64.